The molecule has 0 fully saturated rings. The van der Waals surface area contributed by atoms with E-state index in [2.05, 4.69) is 10.6 Å². The molecule has 3 amide bonds. The van der Waals surface area contributed by atoms with Gasteiger partial charge in [-0.1, -0.05) is 23.7 Å². The standard InChI is InChI=1S/C13H15ClF3N3O2/c1-8(21)18-6-7-19-12(22)20-11(13(15,16)17)9-2-4-10(14)5-3-9/h2-5,11H,6-7H2,1H3,(H,18,21)(H2,19,20,22). The van der Waals surface area contributed by atoms with Gasteiger partial charge in [0, 0.05) is 25.0 Å². The SMILES string of the molecule is CC(=O)NCCNC(=O)NC(c1ccc(Cl)cc1)C(F)(F)F. The normalized spacial score (nSPS) is 12.4. The van der Waals surface area contributed by atoms with Crippen molar-refractivity contribution in [3.05, 3.63) is 34.9 Å². The molecule has 0 saturated heterocycles. The average molecular weight is 338 g/mol. The second kappa shape index (κ2) is 7.88. The summed E-state index contributed by atoms with van der Waals surface area (Å²) in [4.78, 5) is 22.1. The van der Waals surface area contributed by atoms with Crippen molar-refractivity contribution in [2.45, 2.75) is 19.1 Å². The Bertz CT molecular complexity index is 520. The van der Waals surface area contributed by atoms with Crippen LogP contribution in [0.1, 0.15) is 18.5 Å². The number of amides is 3. The molecule has 0 saturated carbocycles. The molecule has 5 nitrogen and oxygen atoms in total. The van der Waals surface area contributed by atoms with Crippen LogP contribution in [0.2, 0.25) is 5.02 Å². The van der Waals surface area contributed by atoms with Crippen LogP contribution in [0, 0.1) is 0 Å². The summed E-state index contributed by atoms with van der Waals surface area (Å²) in [6.07, 6.45) is -4.65. The van der Waals surface area contributed by atoms with E-state index in [0.29, 0.717) is 5.02 Å². The number of carbonyl (C=O) groups is 2. The minimum Gasteiger partial charge on any atom is -0.355 e. The molecule has 0 aliphatic rings. The first-order valence-electron chi connectivity index (χ1n) is 6.31. The van der Waals surface area contributed by atoms with E-state index in [4.69, 9.17) is 11.6 Å². The third kappa shape index (κ3) is 6.21. The average Bonchev–Trinajstić information content (AvgIpc) is 2.41. The van der Waals surface area contributed by atoms with E-state index < -0.39 is 18.2 Å². The van der Waals surface area contributed by atoms with E-state index in [9.17, 15) is 22.8 Å². The Balaban J connectivity index is 2.64. The number of nitrogens with one attached hydrogen (secondary N) is 3. The summed E-state index contributed by atoms with van der Waals surface area (Å²) in [5, 5.41) is 6.78. The Labute approximate surface area is 130 Å². The largest absolute Gasteiger partial charge is 0.412 e. The van der Waals surface area contributed by atoms with Crippen LogP contribution in [0.4, 0.5) is 18.0 Å². The maximum atomic E-state index is 13.0. The van der Waals surface area contributed by atoms with Crippen molar-refractivity contribution in [2.75, 3.05) is 13.1 Å². The lowest BCUT2D eigenvalue weighted by Crippen LogP contribution is -2.45. The van der Waals surface area contributed by atoms with E-state index in [-0.39, 0.29) is 24.6 Å². The lowest BCUT2D eigenvalue weighted by molar-refractivity contribution is -0.154. The van der Waals surface area contributed by atoms with Gasteiger partial charge in [-0.2, -0.15) is 13.2 Å². The van der Waals surface area contributed by atoms with Gasteiger partial charge in [-0.25, -0.2) is 4.79 Å². The van der Waals surface area contributed by atoms with Gasteiger partial charge in [-0.3, -0.25) is 4.79 Å². The van der Waals surface area contributed by atoms with Crippen molar-refractivity contribution in [3.63, 3.8) is 0 Å². The van der Waals surface area contributed by atoms with Crippen LogP contribution in [0.3, 0.4) is 0 Å². The fraction of sp³-hybridized carbons (Fsp3) is 0.385. The van der Waals surface area contributed by atoms with Crippen LogP contribution < -0.4 is 16.0 Å². The Morgan fingerprint density at radius 2 is 1.68 bits per heavy atom. The lowest BCUT2D eigenvalue weighted by atomic mass is 10.1. The molecular formula is C13H15ClF3N3O2. The molecule has 1 rings (SSSR count). The first-order valence-corrected chi connectivity index (χ1v) is 6.69. The summed E-state index contributed by atoms with van der Waals surface area (Å²) < 4.78 is 39.1. The van der Waals surface area contributed by atoms with Crippen LogP contribution in [-0.2, 0) is 4.79 Å². The van der Waals surface area contributed by atoms with Crippen molar-refractivity contribution in [1.82, 2.24) is 16.0 Å². The van der Waals surface area contributed by atoms with E-state index in [1.165, 1.54) is 31.2 Å². The quantitative estimate of drug-likeness (QED) is 0.722. The molecular weight excluding hydrogens is 323 g/mol. The van der Waals surface area contributed by atoms with Crippen LogP contribution in [0.25, 0.3) is 0 Å². The molecule has 0 aromatic heterocycles. The van der Waals surface area contributed by atoms with Crippen LogP contribution in [0.15, 0.2) is 24.3 Å². The molecule has 0 aliphatic heterocycles. The maximum absolute atomic E-state index is 13.0. The molecule has 1 aromatic rings. The van der Waals surface area contributed by atoms with Gasteiger partial charge in [0.25, 0.3) is 0 Å². The van der Waals surface area contributed by atoms with Gasteiger partial charge in [0.15, 0.2) is 6.04 Å². The number of benzene rings is 1. The topological polar surface area (TPSA) is 70.2 Å². The predicted octanol–water partition coefficient (Wildman–Crippen LogP) is 2.38. The summed E-state index contributed by atoms with van der Waals surface area (Å²) in [6, 6.07) is 1.88. The summed E-state index contributed by atoms with van der Waals surface area (Å²) in [5.41, 5.74) is -0.131. The number of alkyl halides is 3. The second-order valence-electron chi connectivity index (χ2n) is 4.41. The van der Waals surface area contributed by atoms with Gasteiger partial charge < -0.3 is 16.0 Å². The molecule has 1 aromatic carbocycles. The Hall–Kier alpha value is -1.96. The molecule has 1 atom stereocenters. The van der Waals surface area contributed by atoms with E-state index in [1.54, 1.807) is 0 Å². The van der Waals surface area contributed by atoms with Crippen LogP contribution >= 0.6 is 11.6 Å². The van der Waals surface area contributed by atoms with Gasteiger partial charge in [-0.05, 0) is 17.7 Å². The summed E-state index contributed by atoms with van der Waals surface area (Å²) in [6.45, 7) is 1.43. The zero-order valence-electron chi connectivity index (χ0n) is 11.6. The molecule has 1 unspecified atom stereocenters. The molecule has 22 heavy (non-hydrogen) atoms. The number of carbonyl (C=O) groups excluding carboxylic acids is 2. The molecule has 0 aliphatic carbocycles. The summed E-state index contributed by atoms with van der Waals surface area (Å²) in [7, 11) is 0. The Morgan fingerprint density at radius 3 is 2.18 bits per heavy atom. The zero-order valence-corrected chi connectivity index (χ0v) is 12.4. The molecule has 0 spiro atoms. The minimum absolute atomic E-state index is 0.0105. The summed E-state index contributed by atoms with van der Waals surface area (Å²) >= 11 is 5.63. The van der Waals surface area contributed by atoms with Crippen LogP contribution in [0.5, 0.6) is 0 Å². The highest BCUT2D eigenvalue weighted by Crippen LogP contribution is 2.33. The zero-order chi connectivity index (χ0) is 16.8. The fourth-order valence-corrected chi connectivity index (χ4v) is 1.73. The molecule has 0 bridgehead atoms. The Morgan fingerprint density at radius 1 is 1.14 bits per heavy atom. The first-order chi connectivity index (χ1) is 10.2. The fourth-order valence-electron chi connectivity index (χ4n) is 1.61. The van der Waals surface area contributed by atoms with Crippen LogP contribution in [-0.4, -0.2) is 31.2 Å². The van der Waals surface area contributed by atoms with Gasteiger partial charge >= 0.3 is 12.2 Å². The Kier molecular flexibility index (Phi) is 6.48. The predicted molar refractivity (Wildman–Crippen MR) is 75.5 cm³/mol. The number of hydrogen-bond donors (Lipinski definition) is 3. The maximum Gasteiger partial charge on any atom is 0.412 e. The van der Waals surface area contributed by atoms with E-state index >= 15 is 0 Å². The molecule has 0 heterocycles. The smallest absolute Gasteiger partial charge is 0.355 e. The summed E-state index contributed by atoms with van der Waals surface area (Å²) in [5.74, 6) is -0.295. The number of hydrogen-bond acceptors (Lipinski definition) is 2. The third-order valence-corrected chi connectivity index (χ3v) is 2.84. The molecule has 3 N–H and O–H groups in total. The number of rotatable bonds is 5. The minimum atomic E-state index is -4.65. The molecule has 9 heteroatoms. The van der Waals surface area contributed by atoms with E-state index in [1.807, 2.05) is 5.32 Å². The van der Waals surface area contributed by atoms with Gasteiger partial charge in [0.1, 0.15) is 0 Å². The van der Waals surface area contributed by atoms with Crippen molar-refractivity contribution >= 4 is 23.5 Å². The first kappa shape index (κ1) is 18.1. The second-order valence-corrected chi connectivity index (χ2v) is 4.85. The van der Waals surface area contributed by atoms with Crippen molar-refractivity contribution < 1.29 is 22.8 Å². The van der Waals surface area contributed by atoms with Gasteiger partial charge in [0.05, 0.1) is 0 Å². The van der Waals surface area contributed by atoms with Crippen molar-refractivity contribution in [2.24, 2.45) is 0 Å². The molecule has 122 valence electrons. The van der Waals surface area contributed by atoms with Crippen molar-refractivity contribution in [1.29, 1.82) is 0 Å². The highest BCUT2D eigenvalue weighted by Gasteiger charge is 2.41. The number of urea groups is 1. The lowest BCUT2D eigenvalue weighted by Gasteiger charge is -2.22. The monoisotopic (exact) mass is 337 g/mol. The van der Waals surface area contributed by atoms with E-state index in [0.717, 1.165) is 0 Å². The third-order valence-electron chi connectivity index (χ3n) is 2.59. The van der Waals surface area contributed by atoms with Crippen molar-refractivity contribution in [3.8, 4) is 0 Å². The van der Waals surface area contributed by atoms with Gasteiger partial charge in [0.2, 0.25) is 5.91 Å². The number of halogens is 4. The highest BCUT2D eigenvalue weighted by atomic mass is 35.5. The highest BCUT2D eigenvalue weighted by molar-refractivity contribution is 6.30. The molecule has 0 radical (unpaired) electrons. The van der Waals surface area contributed by atoms with Gasteiger partial charge in [-0.15, -0.1) is 0 Å².